The second-order valence-electron chi connectivity index (χ2n) is 5.75. The third-order valence-electron chi connectivity index (χ3n) is 3.90. The fourth-order valence-corrected chi connectivity index (χ4v) is 2.59. The minimum Gasteiger partial charge on any atom is -0.339 e. The first-order valence-corrected chi connectivity index (χ1v) is 7.96. The van der Waals surface area contributed by atoms with Crippen LogP contribution in [0.25, 0.3) is 22.2 Å². The Bertz CT molecular complexity index is 1090. The van der Waals surface area contributed by atoms with Gasteiger partial charge in [-0.2, -0.15) is 13.2 Å². The lowest BCUT2D eigenvalue weighted by atomic mass is 10.1. The Kier molecular flexibility index (Phi) is 4.15. The Morgan fingerprint density at radius 1 is 0.852 bits per heavy atom. The molecule has 134 valence electrons. The highest BCUT2D eigenvalue weighted by Gasteiger charge is 2.32. The number of aromatic nitrogens is 4. The van der Waals surface area contributed by atoms with E-state index in [0.717, 1.165) is 28.7 Å². The smallest absolute Gasteiger partial charge is 0.339 e. The van der Waals surface area contributed by atoms with E-state index in [4.69, 9.17) is 0 Å². The van der Waals surface area contributed by atoms with Crippen LogP contribution in [0.3, 0.4) is 0 Å². The molecule has 0 amide bonds. The third kappa shape index (κ3) is 3.69. The average Bonchev–Trinajstić information content (AvgIpc) is 2.67. The summed E-state index contributed by atoms with van der Waals surface area (Å²) in [5, 5.41) is 3.95. The molecule has 4 rings (SSSR count). The standard InChI is InChI=1S/C19H12F3N5/c20-19(21,22)17-6-5-14(10-24-17)27-18-9-16(25-11-26-18)13-4-3-12-2-1-7-23-15(12)8-13/h1-11H,(H,25,26,27). The van der Waals surface area contributed by atoms with Gasteiger partial charge in [-0.15, -0.1) is 0 Å². The Morgan fingerprint density at radius 3 is 2.52 bits per heavy atom. The number of nitrogens with zero attached hydrogens (tertiary/aromatic N) is 4. The van der Waals surface area contributed by atoms with Gasteiger partial charge in [0.2, 0.25) is 0 Å². The molecule has 0 fully saturated rings. The lowest BCUT2D eigenvalue weighted by Gasteiger charge is -2.09. The molecule has 8 heteroatoms. The molecule has 1 aromatic carbocycles. The summed E-state index contributed by atoms with van der Waals surface area (Å²) in [6.45, 7) is 0. The number of anilines is 2. The SMILES string of the molecule is FC(F)(F)c1ccc(Nc2cc(-c3ccc4cccnc4c3)ncn2)cn1. The van der Waals surface area contributed by atoms with Gasteiger partial charge in [-0.1, -0.05) is 18.2 Å². The molecular weight excluding hydrogens is 355 g/mol. The van der Waals surface area contributed by atoms with Crippen molar-refractivity contribution in [3.05, 3.63) is 72.9 Å². The molecule has 0 aliphatic rings. The fraction of sp³-hybridized carbons (Fsp3) is 0.0526. The molecular formula is C19H12F3N5. The number of hydrogen-bond acceptors (Lipinski definition) is 5. The van der Waals surface area contributed by atoms with Crippen LogP contribution in [0.2, 0.25) is 0 Å². The average molecular weight is 367 g/mol. The summed E-state index contributed by atoms with van der Waals surface area (Å²) in [7, 11) is 0. The van der Waals surface area contributed by atoms with Gasteiger partial charge in [-0.05, 0) is 24.3 Å². The van der Waals surface area contributed by atoms with Crippen LogP contribution in [0.1, 0.15) is 5.69 Å². The molecule has 0 spiro atoms. The van der Waals surface area contributed by atoms with E-state index in [1.807, 2.05) is 30.3 Å². The molecule has 5 nitrogen and oxygen atoms in total. The monoisotopic (exact) mass is 367 g/mol. The van der Waals surface area contributed by atoms with Crippen LogP contribution in [0.4, 0.5) is 24.7 Å². The molecule has 0 atom stereocenters. The summed E-state index contributed by atoms with van der Waals surface area (Å²) >= 11 is 0. The maximum absolute atomic E-state index is 12.6. The highest BCUT2D eigenvalue weighted by atomic mass is 19.4. The second kappa shape index (κ2) is 6.64. The quantitative estimate of drug-likeness (QED) is 0.561. The van der Waals surface area contributed by atoms with Gasteiger partial charge in [-0.25, -0.2) is 15.0 Å². The van der Waals surface area contributed by atoms with Crippen LogP contribution < -0.4 is 5.32 Å². The lowest BCUT2D eigenvalue weighted by Crippen LogP contribution is -2.07. The fourth-order valence-electron chi connectivity index (χ4n) is 2.59. The highest BCUT2D eigenvalue weighted by molar-refractivity contribution is 5.83. The van der Waals surface area contributed by atoms with E-state index in [0.29, 0.717) is 17.2 Å². The predicted octanol–water partition coefficient (Wildman–Crippen LogP) is 4.85. The molecule has 0 radical (unpaired) electrons. The molecule has 0 saturated heterocycles. The van der Waals surface area contributed by atoms with Crippen LogP contribution in [0.15, 0.2) is 67.3 Å². The number of pyridine rings is 2. The number of hydrogen-bond donors (Lipinski definition) is 1. The molecule has 0 unspecified atom stereocenters. The van der Waals surface area contributed by atoms with Crippen LogP contribution in [-0.2, 0) is 6.18 Å². The second-order valence-corrected chi connectivity index (χ2v) is 5.75. The molecule has 3 heterocycles. The van der Waals surface area contributed by atoms with Crippen molar-refractivity contribution in [3.63, 3.8) is 0 Å². The van der Waals surface area contributed by atoms with Gasteiger partial charge in [-0.3, -0.25) is 4.98 Å². The zero-order valence-electron chi connectivity index (χ0n) is 13.8. The van der Waals surface area contributed by atoms with Crippen LogP contribution in [0.5, 0.6) is 0 Å². The number of halogens is 3. The predicted molar refractivity (Wildman–Crippen MR) is 95.3 cm³/mol. The Hall–Kier alpha value is -3.55. The van der Waals surface area contributed by atoms with Crippen molar-refractivity contribution in [2.75, 3.05) is 5.32 Å². The number of nitrogens with one attached hydrogen (secondary N) is 1. The molecule has 0 aliphatic heterocycles. The van der Waals surface area contributed by atoms with Crippen molar-refractivity contribution in [2.45, 2.75) is 6.18 Å². The van der Waals surface area contributed by atoms with Crippen molar-refractivity contribution in [1.82, 2.24) is 19.9 Å². The van der Waals surface area contributed by atoms with Gasteiger partial charge in [0.1, 0.15) is 17.8 Å². The minimum absolute atomic E-state index is 0.396. The Labute approximate surface area is 152 Å². The zero-order valence-corrected chi connectivity index (χ0v) is 13.8. The summed E-state index contributed by atoms with van der Waals surface area (Å²) in [5.41, 5.74) is 1.82. The molecule has 0 bridgehead atoms. The Morgan fingerprint density at radius 2 is 1.74 bits per heavy atom. The van der Waals surface area contributed by atoms with Crippen molar-refractivity contribution < 1.29 is 13.2 Å². The van der Waals surface area contributed by atoms with Crippen molar-refractivity contribution in [1.29, 1.82) is 0 Å². The van der Waals surface area contributed by atoms with E-state index in [9.17, 15) is 13.2 Å². The minimum atomic E-state index is -4.47. The van der Waals surface area contributed by atoms with E-state index in [2.05, 4.69) is 25.3 Å². The zero-order chi connectivity index (χ0) is 18.9. The molecule has 3 aromatic heterocycles. The van der Waals surface area contributed by atoms with E-state index in [-0.39, 0.29) is 0 Å². The highest BCUT2D eigenvalue weighted by Crippen LogP contribution is 2.28. The van der Waals surface area contributed by atoms with Gasteiger partial charge in [0, 0.05) is 23.2 Å². The topological polar surface area (TPSA) is 63.6 Å². The number of fused-ring (bicyclic) bond motifs is 1. The maximum Gasteiger partial charge on any atom is 0.433 e. The third-order valence-corrected chi connectivity index (χ3v) is 3.90. The van der Waals surface area contributed by atoms with Crippen LogP contribution in [0, 0.1) is 0 Å². The molecule has 27 heavy (non-hydrogen) atoms. The number of rotatable bonds is 3. The largest absolute Gasteiger partial charge is 0.433 e. The van der Waals surface area contributed by atoms with Crippen molar-refractivity contribution in [2.24, 2.45) is 0 Å². The summed E-state index contributed by atoms with van der Waals surface area (Å²) in [6, 6.07) is 13.6. The van der Waals surface area contributed by atoms with E-state index in [1.165, 1.54) is 12.4 Å². The maximum atomic E-state index is 12.6. The van der Waals surface area contributed by atoms with Crippen LogP contribution >= 0.6 is 0 Å². The van der Waals surface area contributed by atoms with Crippen LogP contribution in [-0.4, -0.2) is 19.9 Å². The lowest BCUT2D eigenvalue weighted by molar-refractivity contribution is -0.141. The number of alkyl halides is 3. The normalized spacial score (nSPS) is 11.5. The molecule has 1 N–H and O–H groups in total. The van der Waals surface area contributed by atoms with Gasteiger partial charge < -0.3 is 5.32 Å². The van der Waals surface area contributed by atoms with Crippen molar-refractivity contribution >= 4 is 22.4 Å². The van der Waals surface area contributed by atoms with Crippen molar-refractivity contribution in [3.8, 4) is 11.3 Å². The molecule has 4 aromatic rings. The summed E-state index contributed by atoms with van der Waals surface area (Å²) in [5.74, 6) is 0.447. The first-order chi connectivity index (χ1) is 13.0. The molecule has 0 aliphatic carbocycles. The van der Waals surface area contributed by atoms with Gasteiger partial charge in [0.15, 0.2) is 0 Å². The Balaban J connectivity index is 1.60. The first-order valence-electron chi connectivity index (χ1n) is 7.96. The summed E-state index contributed by atoms with van der Waals surface area (Å²) in [6.07, 6.45) is -0.246. The molecule has 0 saturated carbocycles. The summed E-state index contributed by atoms with van der Waals surface area (Å²) < 4.78 is 37.8. The first kappa shape index (κ1) is 16.9. The van der Waals surface area contributed by atoms with Gasteiger partial charge in [0.25, 0.3) is 0 Å². The number of benzene rings is 1. The summed E-state index contributed by atoms with van der Waals surface area (Å²) in [4.78, 5) is 16.1. The van der Waals surface area contributed by atoms with Gasteiger partial charge in [0.05, 0.1) is 23.1 Å². The van der Waals surface area contributed by atoms with E-state index < -0.39 is 11.9 Å². The van der Waals surface area contributed by atoms with E-state index >= 15 is 0 Å². The van der Waals surface area contributed by atoms with Gasteiger partial charge >= 0.3 is 6.18 Å². The van der Waals surface area contributed by atoms with E-state index in [1.54, 1.807) is 12.3 Å².